The SMILES string of the molecule is CCCCC(CC)COP(=O)(OCC(CC)CCCC)OC(C)COS(=O)(=O)[O-].[Na+]. The van der Waals surface area contributed by atoms with Crippen molar-refractivity contribution >= 4 is 18.2 Å². The van der Waals surface area contributed by atoms with Crippen LogP contribution in [0.25, 0.3) is 0 Å². The molecule has 0 aliphatic carbocycles. The van der Waals surface area contributed by atoms with E-state index in [0.717, 1.165) is 51.4 Å². The molecule has 30 heavy (non-hydrogen) atoms. The first-order chi connectivity index (χ1) is 13.6. The van der Waals surface area contributed by atoms with Crippen LogP contribution in [-0.4, -0.2) is 38.9 Å². The van der Waals surface area contributed by atoms with E-state index in [4.69, 9.17) is 13.6 Å². The second-order valence-electron chi connectivity index (χ2n) is 7.48. The average Bonchev–Trinajstić information content (AvgIpc) is 2.66. The Hall–Kier alpha value is 0.980. The molecule has 3 atom stereocenters. The van der Waals surface area contributed by atoms with Crippen LogP contribution in [0.15, 0.2) is 0 Å². The zero-order valence-electron chi connectivity index (χ0n) is 19.6. The van der Waals surface area contributed by atoms with Gasteiger partial charge in [0.15, 0.2) is 0 Å². The molecule has 0 fully saturated rings. The normalized spacial score (nSPS) is 17.0. The standard InChI is InChI=1S/C19H41O8PS.Na/c1-6-10-12-18(8-3)15-24-28(20,25-16-19(9-4)13-11-7-2)27-17(5)14-26-29(21,22)23;/h17-19H,6-16H2,1-5H3,(H,21,22,23);/q;+1/p-1. The first-order valence-electron chi connectivity index (χ1n) is 10.8. The predicted octanol–water partition coefficient (Wildman–Crippen LogP) is 2.45. The fraction of sp³-hybridized carbons (Fsp3) is 1.00. The van der Waals surface area contributed by atoms with Gasteiger partial charge in [-0.1, -0.05) is 66.2 Å². The average molecular weight is 483 g/mol. The Labute approximate surface area is 206 Å². The summed E-state index contributed by atoms with van der Waals surface area (Å²) in [4.78, 5) is 0. The Morgan fingerprint density at radius 3 is 1.63 bits per heavy atom. The molecule has 0 aliphatic heterocycles. The van der Waals surface area contributed by atoms with E-state index in [0.29, 0.717) is 0 Å². The van der Waals surface area contributed by atoms with Crippen LogP contribution in [0.5, 0.6) is 0 Å². The smallest absolute Gasteiger partial charge is 0.726 e. The largest absolute Gasteiger partial charge is 1.00 e. The maximum absolute atomic E-state index is 13.2. The molecule has 0 saturated carbocycles. The van der Waals surface area contributed by atoms with Gasteiger partial charge < -0.3 is 4.55 Å². The number of phosphoric ester groups is 1. The van der Waals surface area contributed by atoms with Gasteiger partial charge in [-0.25, -0.2) is 13.0 Å². The molecule has 0 bridgehead atoms. The van der Waals surface area contributed by atoms with Crippen LogP contribution in [0.2, 0.25) is 0 Å². The van der Waals surface area contributed by atoms with E-state index in [2.05, 4.69) is 18.0 Å². The molecule has 0 heterocycles. The van der Waals surface area contributed by atoms with Gasteiger partial charge >= 0.3 is 37.4 Å². The number of hydrogen-bond acceptors (Lipinski definition) is 8. The van der Waals surface area contributed by atoms with Crippen LogP contribution in [0.3, 0.4) is 0 Å². The maximum Gasteiger partial charge on any atom is 1.00 e. The summed E-state index contributed by atoms with van der Waals surface area (Å²) in [7, 11) is -8.79. The van der Waals surface area contributed by atoms with Gasteiger partial charge in [0.05, 0.1) is 25.9 Å². The molecular formula is C19H40NaO8PS. The third kappa shape index (κ3) is 17.5. The molecule has 0 radical (unpaired) electrons. The van der Waals surface area contributed by atoms with Crippen molar-refractivity contribution in [2.45, 2.75) is 92.1 Å². The molecule has 3 unspecified atom stereocenters. The van der Waals surface area contributed by atoms with Gasteiger partial charge in [0, 0.05) is 0 Å². The van der Waals surface area contributed by atoms with Crippen molar-refractivity contribution < 1.29 is 64.8 Å². The first-order valence-corrected chi connectivity index (χ1v) is 13.6. The quantitative estimate of drug-likeness (QED) is 0.119. The third-order valence-corrected chi connectivity index (χ3v) is 6.75. The number of phosphoric acid groups is 1. The van der Waals surface area contributed by atoms with Crippen molar-refractivity contribution in [2.75, 3.05) is 19.8 Å². The third-order valence-electron chi connectivity index (χ3n) is 4.78. The van der Waals surface area contributed by atoms with E-state index in [-0.39, 0.29) is 54.6 Å². The van der Waals surface area contributed by atoms with Crippen molar-refractivity contribution in [2.24, 2.45) is 11.8 Å². The summed E-state index contributed by atoms with van der Waals surface area (Å²) in [5, 5.41) is 0. The number of hydrogen-bond donors (Lipinski definition) is 0. The topological polar surface area (TPSA) is 111 Å². The van der Waals surface area contributed by atoms with Gasteiger partial charge in [-0.2, -0.15) is 0 Å². The zero-order valence-corrected chi connectivity index (χ0v) is 23.3. The van der Waals surface area contributed by atoms with Crippen molar-refractivity contribution in [1.82, 2.24) is 0 Å². The Bertz CT molecular complexity index is 537. The Morgan fingerprint density at radius 2 is 1.30 bits per heavy atom. The Balaban J connectivity index is 0. The van der Waals surface area contributed by atoms with Crippen LogP contribution >= 0.6 is 7.82 Å². The van der Waals surface area contributed by atoms with Crippen molar-refractivity contribution in [1.29, 1.82) is 0 Å². The molecule has 0 saturated heterocycles. The molecule has 8 nitrogen and oxygen atoms in total. The van der Waals surface area contributed by atoms with Crippen LogP contribution < -0.4 is 29.6 Å². The van der Waals surface area contributed by atoms with E-state index >= 15 is 0 Å². The minimum atomic E-state index is -4.86. The van der Waals surface area contributed by atoms with Crippen LogP contribution in [0, 0.1) is 11.8 Å². The van der Waals surface area contributed by atoms with Gasteiger partial charge in [-0.3, -0.25) is 17.8 Å². The second-order valence-corrected chi connectivity index (χ2v) is 10.2. The Morgan fingerprint density at radius 1 is 0.867 bits per heavy atom. The van der Waals surface area contributed by atoms with Crippen LogP contribution in [0.4, 0.5) is 0 Å². The van der Waals surface area contributed by atoms with Gasteiger partial charge in [0.1, 0.15) is 0 Å². The summed E-state index contributed by atoms with van der Waals surface area (Å²) in [6.45, 7) is 9.67. The van der Waals surface area contributed by atoms with Gasteiger partial charge in [-0.05, 0) is 31.6 Å². The van der Waals surface area contributed by atoms with Crippen LogP contribution in [0.1, 0.15) is 86.0 Å². The zero-order chi connectivity index (χ0) is 22.3. The van der Waals surface area contributed by atoms with Crippen molar-refractivity contribution in [3.63, 3.8) is 0 Å². The summed E-state index contributed by atoms with van der Waals surface area (Å²) in [5.41, 5.74) is 0. The van der Waals surface area contributed by atoms with Crippen LogP contribution in [-0.2, 0) is 32.7 Å². The summed E-state index contributed by atoms with van der Waals surface area (Å²) >= 11 is 0. The maximum atomic E-state index is 13.2. The molecule has 176 valence electrons. The summed E-state index contributed by atoms with van der Waals surface area (Å²) in [5.74, 6) is 0.456. The van der Waals surface area contributed by atoms with Crippen molar-refractivity contribution in [3.05, 3.63) is 0 Å². The molecular weight excluding hydrogens is 442 g/mol. The van der Waals surface area contributed by atoms with E-state index in [1.165, 1.54) is 6.92 Å². The molecule has 11 heteroatoms. The molecule has 0 aromatic carbocycles. The van der Waals surface area contributed by atoms with Gasteiger partial charge in [0.2, 0.25) is 10.4 Å². The van der Waals surface area contributed by atoms with Gasteiger partial charge in [-0.15, -0.1) is 0 Å². The molecule has 0 amide bonds. The summed E-state index contributed by atoms with van der Waals surface area (Å²) < 4.78 is 66.0. The Kier molecular flexibility index (Phi) is 20.3. The van der Waals surface area contributed by atoms with Crippen molar-refractivity contribution in [3.8, 4) is 0 Å². The van der Waals surface area contributed by atoms with E-state index < -0.39 is 30.9 Å². The predicted molar refractivity (Wildman–Crippen MR) is 112 cm³/mol. The summed E-state index contributed by atoms with van der Waals surface area (Å²) in [6, 6.07) is 0. The fourth-order valence-electron chi connectivity index (χ4n) is 2.72. The van der Waals surface area contributed by atoms with E-state index in [1.807, 2.05) is 13.8 Å². The summed E-state index contributed by atoms with van der Waals surface area (Å²) in [6.07, 6.45) is 6.94. The molecule has 0 rings (SSSR count). The van der Waals surface area contributed by atoms with Gasteiger partial charge in [0.25, 0.3) is 0 Å². The van der Waals surface area contributed by atoms with E-state index in [9.17, 15) is 17.5 Å². The molecule has 0 aromatic heterocycles. The minimum Gasteiger partial charge on any atom is -0.726 e. The first kappa shape index (κ1) is 33.2. The monoisotopic (exact) mass is 482 g/mol. The molecule has 0 aliphatic rings. The number of rotatable bonds is 19. The minimum absolute atomic E-state index is 0. The molecule has 0 N–H and O–H groups in total. The fourth-order valence-corrected chi connectivity index (χ4v) is 4.56. The molecule has 0 spiro atoms. The second kappa shape index (κ2) is 18.4. The number of unbranched alkanes of at least 4 members (excludes halogenated alkanes) is 2. The van der Waals surface area contributed by atoms with E-state index in [1.54, 1.807) is 0 Å². The molecule has 0 aromatic rings.